The van der Waals surface area contributed by atoms with Crippen LogP contribution in [0.3, 0.4) is 0 Å². The van der Waals surface area contributed by atoms with E-state index in [-0.39, 0.29) is 5.91 Å². The first-order chi connectivity index (χ1) is 10.7. The predicted octanol–water partition coefficient (Wildman–Crippen LogP) is 3.64. The molecule has 0 unspecified atom stereocenters. The van der Waals surface area contributed by atoms with E-state index in [0.29, 0.717) is 18.2 Å². The molecule has 0 saturated heterocycles. The highest BCUT2D eigenvalue weighted by molar-refractivity contribution is 5.81. The second-order valence-corrected chi connectivity index (χ2v) is 5.93. The van der Waals surface area contributed by atoms with Gasteiger partial charge in [-0.15, -0.1) is 0 Å². The maximum Gasteiger partial charge on any atom is 0.263 e. The molecule has 0 aliphatic heterocycles. The number of benzene rings is 1. The van der Waals surface area contributed by atoms with Crippen molar-refractivity contribution < 1.29 is 14.3 Å². The minimum Gasteiger partial charge on any atom is -0.497 e. The average Bonchev–Trinajstić information content (AvgIpc) is 2.59. The zero-order valence-electron chi connectivity index (χ0n) is 13.9. The molecule has 1 aromatic rings. The standard InChI is InChI=1S/C18H27NO3/c1-4-17(22-16-12-8-11-15(13-16)21-3)18(20)19(2)14-9-6-5-7-10-14/h8,11-14,17H,4-7,9-10H2,1-3H3/t17-/m1/s1. The van der Waals surface area contributed by atoms with Gasteiger partial charge < -0.3 is 14.4 Å². The molecular formula is C18H27NO3. The van der Waals surface area contributed by atoms with Gasteiger partial charge >= 0.3 is 0 Å². The Morgan fingerprint density at radius 2 is 1.95 bits per heavy atom. The molecule has 22 heavy (non-hydrogen) atoms. The van der Waals surface area contributed by atoms with Gasteiger partial charge in [0.15, 0.2) is 6.10 Å². The molecule has 0 N–H and O–H groups in total. The highest BCUT2D eigenvalue weighted by Gasteiger charge is 2.28. The fourth-order valence-electron chi connectivity index (χ4n) is 3.02. The van der Waals surface area contributed by atoms with Crippen molar-refractivity contribution in [3.05, 3.63) is 24.3 Å². The summed E-state index contributed by atoms with van der Waals surface area (Å²) in [6.45, 7) is 1.98. The Morgan fingerprint density at radius 3 is 2.59 bits per heavy atom. The summed E-state index contributed by atoms with van der Waals surface area (Å²) in [6.07, 6.45) is 6.17. The third-order valence-corrected chi connectivity index (χ3v) is 4.44. The Hall–Kier alpha value is -1.71. The van der Waals surface area contributed by atoms with Crippen molar-refractivity contribution in [3.8, 4) is 11.5 Å². The highest BCUT2D eigenvalue weighted by Crippen LogP contribution is 2.24. The summed E-state index contributed by atoms with van der Waals surface area (Å²) in [5.74, 6) is 1.49. The monoisotopic (exact) mass is 305 g/mol. The summed E-state index contributed by atoms with van der Waals surface area (Å²) in [4.78, 5) is 14.6. The van der Waals surface area contributed by atoms with Crippen molar-refractivity contribution in [1.82, 2.24) is 4.90 Å². The second kappa shape index (κ2) is 8.06. The Balaban J connectivity index is 2.01. The molecular weight excluding hydrogens is 278 g/mol. The van der Waals surface area contributed by atoms with Gasteiger partial charge in [-0.05, 0) is 31.4 Å². The molecule has 1 amide bonds. The number of hydrogen-bond donors (Lipinski definition) is 0. The molecule has 0 aromatic heterocycles. The molecule has 1 aromatic carbocycles. The van der Waals surface area contributed by atoms with Gasteiger partial charge in [-0.2, -0.15) is 0 Å². The third-order valence-electron chi connectivity index (χ3n) is 4.44. The lowest BCUT2D eigenvalue weighted by Crippen LogP contribution is -2.45. The molecule has 0 heterocycles. The Labute approximate surface area is 133 Å². The lowest BCUT2D eigenvalue weighted by Gasteiger charge is -2.33. The van der Waals surface area contributed by atoms with Gasteiger partial charge in [0.2, 0.25) is 0 Å². The maximum atomic E-state index is 12.7. The van der Waals surface area contributed by atoms with E-state index in [2.05, 4.69) is 0 Å². The molecule has 4 heteroatoms. The number of methoxy groups -OCH3 is 1. The first-order valence-electron chi connectivity index (χ1n) is 8.23. The molecule has 4 nitrogen and oxygen atoms in total. The first-order valence-corrected chi connectivity index (χ1v) is 8.23. The zero-order valence-corrected chi connectivity index (χ0v) is 13.9. The topological polar surface area (TPSA) is 38.8 Å². The lowest BCUT2D eigenvalue weighted by atomic mass is 9.94. The molecule has 1 saturated carbocycles. The van der Waals surface area contributed by atoms with Gasteiger partial charge in [0.1, 0.15) is 11.5 Å². The molecule has 1 fully saturated rings. The van der Waals surface area contributed by atoms with E-state index in [1.165, 1.54) is 19.3 Å². The Kier molecular flexibility index (Phi) is 6.10. The van der Waals surface area contributed by atoms with Crippen LogP contribution in [0.1, 0.15) is 45.4 Å². The van der Waals surface area contributed by atoms with Gasteiger partial charge in [-0.1, -0.05) is 32.3 Å². The first kappa shape index (κ1) is 16.7. The molecule has 1 aliphatic rings. The van der Waals surface area contributed by atoms with Crippen LogP contribution in [0.15, 0.2) is 24.3 Å². The van der Waals surface area contributed by atoms with Crippen LogP contribution < -0.4 is 9.47 Å². The van der Waals surface area contributed by atoms with Crippen molar-refractivity contribution >= 4 is 5.91 Å². The number of carbonyl (C=O) groups is 1. The molecule has 2 rings (SSSR count). The number of rotatable bonds is 6. The Morgan fingerprint density at radius 1 is 1.27 bits per heavy atom. The number of hydrogen-bond acceptors (Lipinski definition) is 3. The smallest absolute Gasteiger partial charge is 0.263 e. The number of carbonyl (C=O) groups excluding carboxylic acids is 1. The molecule has 0 bridgehead atoms. The van der Waals surface area contributed by atoms with E-state index < -0.39 is 6.10 Å². The summed E-state index contributed by atoms with van der Waals surface area (Å²) < 4.78 is 11.1. The van der Waals surface area contributed by atoms with E-state index in [9.17, 15) is 4.79 Å². The van der Waals surface area contributed by atoms with Crippen LogP contribution in [-0.2, 0) is 4.79 Å². The van der Waals surface area contributed by atoms with Crippen LogP contribution in [0, 0.1) is 0 Å². The van der Waals surface area contributed by atoms with E-state index in [0.717, 1.165) is 18.6 Å². The van der Waals surface area contributed by atoms with Crippen molar-refractivity contribution in [1.29, 1.82) is 0 Å². The van der Waals surface area contributed by atoms with Crippen LogP contribution in [0.25, 0.3) is 0 Å². The maximum absolute atomic E-state index is 12.7. The fraction of sp³-hybridized carbons (Fsp3) is 0.611. The molecule has 122 valence electrons. The fourth-order valence-corrected chi connectivity index (χ4v) is 3.02. The quantitative estimate of drug-likeness (QED) is 0.805. The summed E-state index contributed by atoms with van der Waals surface area (Å²) in [7, 11) is 3.54. The molecule has 1 atom stereocenters. The number of amides is 1. The van der Waals surface area contributed by atoms with Crippen molar-refractivity contribution in [2.45, 2.75) is 57.6 Å². The van der Waals surface area contributed by atoms with Crippen LogP contribution >= 0.6 is 0 Å². The molecule has 0 radical (unpaired) electrons. The highest BCUT2D eigenvalue weighted by atomic mass is 16.5. The van der Waals surface area contributed by atoms with Crippen molar-refractivity contribution in [3.63, 3.8) is 0 Å². The number of nitrogens with zero attached hydrogens (tertiary/aromatic N) is 1. The Bertz CT molecular complexity index is 483. The minimum absolute atomic E-state index is 0.0808. The predicted molar refractivity (Wildman–Crippen MR) is 87.3 cm³/mol. The van der Waals surface area contributed by atoms with Crippen LogP contribution in [0.4, 0.5) is 0 Å². The van der Waals surface area contributed by atoms with Crippen LogP contribution in [0.5, 0.6) is 11.5 Å². The second-order valence-electron chi connectivity index (χ2n) is 5.93. The van der Waals surface area contributed by atoms with Gasteiger partial charge in [0.25, 0.3) is 5.91 Å². The van der Waals surface area contributed by atoms with Gasteiger partial charge in [-0.25, -0.2) is 0 Å². The largest absolute Gasteiger partial charge is 0.497 e. The van der Waals surface area contributed by atoms with Gasteiger partial charge in [0, 0.05) is 19.2 Å². The molecule has 1 aliphatic carbocycles. The molecule has 0 spiro atoms. The lowest BCUT2D eigenvalue weighted by molar-refractivity contribution is -0.140. The summed E-state index contributed by atoms with van der Waals surface area (Å²) in [5, 5.41) is 0. The van der Waals surface area contributed by atoms with E-state index in [1.807, 2.05) is 43.1 Å². The minimum atomic E-state index is -0.431. The summed E-state index contributed by atoms with van der Waals surface area (Å²) >= 11 is 0. The van der Waals surface area contributed by atoms with Crippen LogP contribution in [0.2, 0.25) is 0 Å². The van der Waals surface area contributed by atoms with E-state index in [1.54, 1.807) is 7.11 Å². The van der Waals surface area contributed by atoms with E-state index >= 15 is 0 Å². The SMILES string of the molecule is CC[C@@H](Oc1cccc(OC)c1)C(=O)N(C)C1CCCCC1. The van der Waals surface area contributed by atoms with Gasteiger partial charge in [0.05, 0.1) is 7.11 Å². The number of ether oxygens (including phenoxy) is 2. The average molecular weight is 305 g/mol. The summed E-state index contributed by atoms with van der Waals surface area (Å²) in [5.41, 5.74) is 0. The third kappa shape index (κ3) is 4.15. The van der Waals surface area contributed by atoms with Crippen molar-refractivity contribution in [2.75, 3.05) is 14.2 Å². The van der Waals surface area contributed by atoms with E-state index in [4.69, 9.17) is 9.47 Å². The van der Waals surface area contributed by atoms with Crippen LogP contribution in [-0.4, -0.2) is 37.1 Å². The number of likely N-dealkylation sites (N-methyl/N-ethyl adjacent to an activating group) is 1. The normalized spacial score (nSPS) is 16.9. The summed E-state index contributed by atoms with van der Waals surface area (Å²) in [6, 6.07) is 7.78. The van der Waals surface area contributed by atoms with Crippen molar-refractivity contribution in [2.24, 2.45) is 0 Å². The van der Waals surface area contributed by atoms with Gasteiger partial charge in [-0.3, -0.25) is 4.79 Å². The zero-order chi connectivity index (χ0) is 15.9.